The summed E-state index contributed by atoms with van der Waals surface area (Å²) in [7, 11) is 0. The van der Waals surface area contributed by atoms with Gasteiger partial charge in [0.05, 0.1) is 5.69 Å². The molecule has 1 aliphatic carbocycles. The first-order chi connectivity index (χ1) is 22.8. The van der Waals surface area contributed by atoms with Gasteiger partial charge in [0.1, 0.15) is 0 Å². The van der Waals surface area contributed by atoms with E-state index in [9.17, 15) is 0 Å². The van der Waals surface area contributed by atoms with Crippen LogP contribution in [-0.4, -0.2) is 9.97 Å². The molecular weight excluding hydrogens is 754 g/mol. The molecule has 1 unspecified atom stereocenters. The van der Waals surface area contributed by atoms with E-state index in [0.29, 0.717) is 0 Å². The molecule has 47 heavy (non-hydrogen) atoms. The van der Waals surface area contributed by atoms with Crippen molar-refractivity contribution in [1.82, 2.24) is 9.97 Å². The normalized spacial score (nSPS) is 13.5. The summed E-state index contributed by atoms with van der Waals surface area (Å²) in [4.78, 5) is 11.7. The van der Waals surface area contributed by atoms with Crippen LogP contribution in [0.15, 0.2) is 170 Å². The standard InChI is InChI=1S/C43H29N3.Pt/c1-4-15-31(16-5-1)41-37-26-25-36(30-38(37)43(40-24-11-13-28-45-40)42(41)32-17-6-2-7-18-32)46(34-20-8-3-9-21-34)35-22-14-19-33(29-35)39-23-10-12-27-44-39;/h1-28,43H;/q-2;+2. The number of hydrogen-bond donors (Lipinski definition) is 0. The van der Waals surface area contributed by atoms with Crippen molar-refractivity contribution >= 4 is 28.2 Å². The maximum Gasteiger partial charge on any atom is 2.00 e. The van der Waals surface area contributed by atoms with Crippen LogP contribution in [-0.2, 0) is 21.1 Å². The fourth-order valence-corrected chi connectivity index (χ4v) is 6.44. The average Bonchev–Trinajstić information content (AvgIpc) is 3.48. The van der Waals surface area contributed by atoms with E-state index in [4.69, 9.17) is 4.98 Å². The number of anilines is 3. The van der Waals surface area contributed by atoms with E-state index in [1.807, 2.05) is 42.7 Å². The zero-order valence-electron chi connectivity index (χ0n) is 25.4. The molecule has 0 radical (unpaired) electrons. The molecule has 0 fully saturated rings. The Balaban J connectivity index is 0.00000351. The molecule has 0 aliphatic heterocycles. The fourth-order valence-electron chi connectivity index (χ4n) is 6.44. The number of nitrogens with zero attached hydrogens (tertiary/aromatic N) is 3. The van der Waals surface area contributed by atoms with Crippen LogP contribution in [0.25, 0.3) is 22.4 Å². The predicted octanol–water partition coefficient (Wildman–Crippen LogP) is 10.3. The van der Waals surface area contributed by atoms with Gasteiger partial charge in [-0.15, -0.1) is 47.0 Å². The van der Waals surface area contributed by atoms with Gasteiger partial charge in [-0.1, -0.05) is 108 Å². The van der Waals surface area contributed by atoms with Gasteiger partial charge in [-0.05, 0) is 58.4 Å². The van der Waals surface area contributed by atoms with Crippen molar-refractivity contribution in [2.75, 3.05) is 4.90 Å². The van der Waals surface area contributed by atoms with Gasteiger partial charge in [-0.3, -0.25) is 4.98 Å². The number of rotatable bonds is 7. The Morgan fingerprint density at radius 3 is 1.83 bits per heavy atom. The quantitative estimate of drug-likeness (QED) is 0.151. The Bertz CT molecular complexity index is 2130. The van der Waals surface area contributed by atoms with Gasteiger partial charge in [0.15, 0.2) is 0 Å². The van der Waals surface area contributed by atoms with E-state index in [0.717, 1.165) is 39.6 Å². The number of benzene rings is 5. The predicted molar refractivity (Wildman–Crippen MR) is 187 cm³/mol. The zero-order valence-corrected chi connectivity index (χ0v) is 27.7. The SMILES string of the molecule is [Pt+2].[c-]1c(-c2ccccn2)cccc1N(c1[c-]c2c(cc1)C(c1ccccc1)=C(c1ccccc1)C2c1ccccn1)c1ccccc1. The molecule has 5 aromatic carbocycles. The van der Waals surface area contributed by atoms with Crippen LogP contribution in [0.4, 0.5) is 17.1 Å². The molecule has 3 nitrogen and oxygen atoms in total. The number of fused-ring (bicyclic) bond motifs is 1. The first-order valence-electron chi connectivity index (χ1n) is 15.5. The van der Waals surface area contributed by atoms with Crippen molar-refractivity contribution in [2.24, 2.45) is 0 Å². The van der Waals surface area contributed by atoms with E-state index in [1.165, 1.54) is 27.8 Å². The van der Waals surface area contributed by atoms with Crippen molar-refractivity contribution < 1.29 is 21.1 Å². The minimum absolute atomic E-state index is 0. The molecule has 2 aromatic heterocycles. The van der Waals surface area contributed by atoms with E-state index in [2.05, 4.69) is 149 Å². The van der Waals surface area contributed by atoms with Crippen molar-refractivity contribution in [1.29, 1.82) is 0 Å². The van der Waals surface area contributed by atoms with Crippen molar-refractivity contribution in [2.45, 2.75) is 5.92 Å². The third kappa shape index (κ3) is 5.87. The van der Waals surface area contributed by atoms with Crippen molar-refractivity contribution in [3.63, 3.8) is 0 Å². The maximum absolute atomic E-state index is 4.92. The average molecular weight is 783 g/mol. The van der Waals surface area contributed by atoms with Crippen LogP contribution in [0.5, 0.6) is 0 Å². The van der Waals surface area contributed by atoms with Crippen LogP contribution in [0.1, 0.15) is 33.9 Å². The minimum atomic E-state index is -0.102. The first kappa shape index (κ1) is 30.3. The molecule has 1 aliphatic rings. The summed E-state index contributed by atoms with van der Waals surface area (Å²) >= 11 is 0. The van der Waals surface area contributed by atoms with E-state index >= 15 is 0 Å². The molecule has 0 N–H and O–H groups in total. The summed E-state index contributed by atoms with van der Waals surface area (Å²) < 4.78 is 0. The van der Waals surface area contributed by atoms with Gasteiger partial charge in [-0.2, -0.15) is 12.1 Å². The van der Waals surface area contributed by atoms with Crippen LogP contribution >= 0.6 is 0 Å². The first-order valence-corrected chi connectivity index (χ1v) is 15.5. The van der Waals surface area contributed by atoms with E-state index < -0.39 is 0 Å². The largest absolute Gasteiger partial charge is 2.00 e. The second kappa shape index (κ2) is 13.5. The van der Waals surface area contributed by atoms with Crippen LogP contribution < -0.4 is 4.90 Å². The molecule has 0 spiro atoms. The molecule has 1 atom stereocenters. The van der Waals surface area contributed by atoms with E-state index in [-0.39, 0.29) is 27.0 Å². The molecule has 226 valence electrons. The summed E-state index contributed by atoms with van der Waals surface area (Å²) in [5.41, 5.74) is 12.8. The monoisotopic (exact) mass is 782 g/mol. The molecule has 8 rings (SSSR count). The van der Waals surface area contributed by atoms with Gasteiger partial charge in [0.2, 0.25) is 0 Å². The molecular formula is C43H29N3Pt. The minimum Gasteiger partial charge on any atom is -0.352 e. The third-order valence-corrected chi connectivity index (χ3v) is 8.42. The molecule has 7 aromatic rings. The second-order valence-corrected chi connectivity index (χ2v) is 11.2. The van der Waals surface area contributed by atoms with Gasteiger partial charge >= 0.3 is 21.1 Å². The zero-order chi connectivity index (χ0) is 30.7. The number of allylic oxidation sites excluding steroid dienone is 1. The van der Waals surface area contributed by atoms with Gasteiger partial charge in [0.25, 0.3) is 0 Å². The van der Waals surface area contributed by atoms with Crippen LogP contribution in [0.2, 0.25) is 0 Å². The van der Waals surface area contributed by atoms with Gasteiger partial charge in [-0.25, -0.2) is 0 Å². The van der Waals surface area contributed by atoms with Crippen molar-refractivity contribution in [3.8, 4) is 11.3 Å². The molecule has 4 heteroatoms. The maximum atomic E-state index is 4.92. The van der Waals surface area contributed by atoms with Crippen molar-refractivity contribution in [3.05, 3.63) is 210 Å². The molecule has 0 bridgehead atoms. The summed E-state index contributed by atoms with van der Waals surface area (Å²) in [6.45, 7) is 0. The Kier molecular flexibility index (Phi) is 8.73. The van der Waals surface area contributed by atoms with Crippen LogP contribution in [0, 0.1) is 12.1 Å². The summed E-state index contributed by atoms with van der Waals surface area (Å²) in [5, 5.41) is 0. The number of para-hydroxylation sites is 1. The molecule has 2 heterocycles. The number of pyridine rings is 2. The van der Waals surface area contributed by atoms with Gasteiger partial charge in [0, 0.05) is 24.0 Å². The summed E-state index contributed by atoms with van der Waals surface area (Å²) in [6.07, 6.45) is 3.70. The second-order valence-electron chi connectivity index (χ2n) is 11.2. The smallest absolute Gasteiger partial charge is 0.352 e. The molecule has 0 saturated heterocycles. The fraction of sp³-hybridized carbons (Fsp3) is 0.0233. The topological polar surface area (TPSA) is 29.0 Å². The summed E-state index contributed by atoms with van der Waals surface area (Å²) in [5.74, 6) is -0.102. The molecule has 0 saturated carbocycles. The summed E-state index contributed by atoms with van der Waals surface area (Å²) in [6, 6.07) is 62.2. The molecule has 0 amide bonds. The third-order valence-electron chi connectivity index (χ3n) is 8.42. The number of hydrogen-bond acceptors (Lipinski definition) is 3. The Morgan fingerprint density at radius 1 is 0.511 bits per heavy atom. The van der Waals surface area contributed by atoms with E-state index in [1.54, 1.807) is 0 Å². The van der Waals surface area contributed by atoms with Crippen LogP contribution in [0.3, 0.4) is 0 Å². The Labute approximate surface area is 290 Å². The Hall–Kier alpha value is -5.37. The number of aromatic nitrogens is 2. The Morgan fingerprint density at radius 2 is 1.15 bits per heavy atom. The van der Waals surface area contributed by atoms with Gasteiger partial charge < -0.3 is 9.88 Å².